The van der Waals surface area contributed by atoms with Gasteiger partial charge >= 0.3 is 0 Å². The van der Waals surface area contributed by atoms with Crippen LogP contribution in [0.15, 0.2) is 46.9 Å². The van der Waals surface area contributed by atoms with Crippen LogP contribution in [0.5, 0.6) is 5.75 Å². The fourth-order valence-electron chi connectivity index (χ4n) is 4.30. The second kappa shape index (κ2) is 12.2. The third-order valence-electron chi connectivity index (χ3n) is 6.82. The van der Waals surface area contributed by atoms with E-state index in [1.807, 2.05) is 18.2 Å². The first-order chi connectivity index (χ1) is 17.8. The predicted molar refractivity (Wildman–Crippen MR) is 140 cm³/mol. The molecule has 1 saturated carbocycles. The van der Waals surface area contributed by atoms with Crippen LogP contribution in [0.1, 0.15) is 47.7 Å². The Morgan fingerprint density at radius 1 is 1.35 bits per heavy atom. The van der Waals surface area contributed by atoms with Gasteiger partial charge in [-0.1, -0.05) is 6.07 Å². The molecular weight excluding hydrogens is 477 g/mol. The normalized spacial score (nSPS) is 17.2. The van der Waals surface area contributed by atoms with Crippen molar-refractivity contribution in [3.63, 3.8) is 0 Å². The van der Waals surface area contributed by atoms with E-state index >= 15 is 0 Å². The maximum absolute atomic E-state index is 14.2. The standard InChI is InChI=1S/C27H34FN5O4/c1-17(29-2)25(35)16-37-22-7-6-19-14-33(9-8-18(19)10-22)15-21(34)12-31-27(36)23-11-26(30-13-24(23)28)32-20-4-3-5-20/h6-7,10-11,13,20-21,34-35H,2-5,8-9,12,14-16H2,1H3,(H,30,32)(H,31,36)/t21-/m0/s1. The van der Waals surface area contributed by atoms with Crippen LogP contribution in [0.3, 0.4) is 0 Å². The van der Waals surface area contributed by atoms with E-state index in [1.54, 1.807) is 6.92 Å². The Labute approximate surface area is 216 Å². The summed E-state index contributed by atoms with van der Waals surface area (Å²) in [5, 5.41) is 26.3. The van der Waals surface area contributed by atoms with Crippen molar-refractivity contribution in [3.8, 4) is 5.75 Å². The fourth-order valence-corrected chi connectivity index (χ4v) is 4.30. The van der Waals surface area contributed by atoms with Gasteiger partial charge < -0.3 is 25.6 Å². The second-order valence-electron chi connectivity index (χ2n) is 9.58. The third kappa shape index (κ3) is 7.05. The van der Waals surface area contributed by atoms with Gasteiger partial charge in [0.1, 0.15) is 18.2 Å². The van der Waals surface area contributed by atoms with Crippen molar-refractivity contribution in [1.82, 2.24) is 15.2 Å². The van der Waals surface area contributed by atoms with Gasteiger partial charge in [-0.15, -0.1) is 0 Å². The summed E-state index contributed by atoms with van der Waals surface area (Å²) in [5.74, 6) is -0.0902. The Kier molecular flexibility index (Phi) is 8.73. The molecule has 1 aromatic heterocycles. The van der Waals surface area contributed by atoms with E-state index in [-0.39, 0.29) is 24.5 Å². The zero-order chi connectivity index (χ0) is 26.4. The minimum Gasteiger partial charge on any atom is -0.507 e. The number of nitrogens with zero attached hydrogens (tertiary/aromatic N) is 3. The maximum Gasteiger partial charge on any atom is 0.254 e. The summed E-state index contributed by atoms with van der Waals surface area (Å²) in [4.78, 5) is 22.4. The third-order valence-corrected chi connectivity index (χ3v) is 6.82. The van der Waals surface area contributed by atoms with Gasteiger partial charge in [-0.05, 0) is 68.7 Å². The highest BCUT2D eigenvalue weighted by Gasteiger charge is 2.22. The highest BCUT2D eigenvalue weighted by Crippen LogP contribution is 2.25. The Balaban J connectivity index is 1.25. The number of anilines is 1. The Bertz CT molecular complexity index is 1170. The number of aliphatic hydroxyl groups excluding tert-OH is 2. The van der Waals surface area contributed by atoms with E-state index in [2.05, 4.69) is 32.2 Å². The Hall–Kier alpha value is -3.50. The van der Waals surface area contributed by atoms with Gasteiger partial charge in [-0.25, -0.2) is 9.37 Å². The zero-order valence-corrected chi connectivity index (χ0v) is 21.0. The summed E-state index contributed by atoms with van der Waals surface area (Å²) in [6, 6.07) is 7.53. The van der Waals surface area contributed by atoms with Gasteiger partial charge in [-0.2, -0.15) is 0 Å². The first-order valence-electron chi connectivity index (χ1n) is 12.5. The number of nitrogens with one attached hydrogen (secondary N) is 2. The van der Waals surface area contributed by atoms with E-state index in [1.165, 1.54) is 6.07 Å². The van der Waals surface area contributed by atoms with Crippen LogP contribution in [0, 0.1) is 5.82 Å². The highest BCUT2D eigenvalue weighted by molar-refractivity contribution is 5.95. The summed E-state index contributed by atoms with van der Waals surface area (Å²) < 4.78 is 19.9. The molecule has 198 valence electrons. The van der Waals surface area contributed by atoms with Crippen molar-refractivity contribution < 1.29 is 24.1 Å². The molecule has 4 N–H and O–H groups in total. The zero-order valence-electron chi connectivity index (χ0n) is 21.0. The van der Waals surface area contributed by atoms with Gasteiger partial charge in [0, 0.05) is 32.2 Å². The maximum atomic E-state index is 14.2. The molecule has 2 heterocycles. The van der Waals surface area contributed by atoms with Crippen LogP contribution in [0.4, 0.5) is 10.2 Å². The molecule has 0 unspecified atom stereocenters. The van der Waals surface area contributed by atoms with E-state index in [0.29, 0.717) is 36.4 Å². The number of fused-ring (bicyclic) bond motifs is 1. The number of rotatable bonds is 11. The molecule has 9 nitrogen and oxygen atoms in total. The largest absolute Gasteiger partial charge is 0.507 e. The number of allylic oxidation sites excluding steroid dienone is 1. The molecule has 4 rings (SSSR count). The van der Waals surface area contributed by atoms with Gasteiger partial charge in [0.05, 0.1) is 23.6 Å². The van der Waals surface area contributed by atoms with Crippen molar-refractivity contribution in [3.05, 3.63) is 64.4 Å². The number of carbonyl (C=O) groups is 1. The van der Waals surface area contributed by atoms with Gasteiger partial charge in [0.2, 0.25) is 0 Å². The number of hydrogen-bond acceptors (Lipinski definition) is 8. The van der Waals surface area contributed by atoms with Gasteiger partial charge in [0.25, 0.3) is 5.91 Å². The molecule has 1 aliphatic carbocycles. The molecule has 1 aromatic carbocycles. The number of amides is 1. The SMILES string of the molecule is C=NC(C)=C(O)COc1ccc2c(c1)CCN(C[C@@H](O)CNC(=O)c1cc(NC3CCC3)ncc1F)C2. The molecule has 0 bridgehead atoms. The lowest BCUT2D eigenvalue weighted by atomic mass is 9.93. The molecule has 1 atom stereocenters. The second-order valence-corrected chi connectivity index (χ2v) is 9.58. The van der Waals surface area contributed by atoms with Crippen LogP contribution in [0.25, 0.3) is 0 Å². The summed E-state index contributed by atoms with van der Waals surface area (Å²) in [7, 11) is 0. The van der Waals surface area contributed by atoms with E-state index in [9.17, 15) is 19.4 Å². The molecule has 10 heteroatoms. The number of aliphatic imine (C=N–C) groups is 1. The van der Waals surface area contributed by atoms with Crippen LogP contribution >= 0.6 is 0 Å². The molecule has 0 radical (unpaired) electrons. The minimum atomic E-state index is -0.804. The molecule has 2 aliphatic rings. The van der Waals surface area contributed by atoms with Crippen molar-refractivity contribution in [2.75, 3.05) is 31.6 Å². The van der Waals surface area contributed by atoms with Crippen LogP contribution in [-0.2, 0) is 13.0 Å². The molecule has 1 fully saturated rings. The average molecular weight is 512 g/mol. The number of hydrogen-bond donors (Lipinski definition) is 4. The van der Waals surface area contributed by atoms with E-state index in [4.69, 9.17) is 4.74 Å². The number of aromatic nitrogens is 1. The number of benzene rings is 1. The first-order valence-corrected chi connectivity index (χ1v) is 12.5. The van der Waals surface area contributed by atoms with Gasteiger partial charge in [-0.3, -0.25) is 14.7 Å². The fraction of sp³-hybridized carbons (Fsp3) is 0.444. The number of ether oxygens (including phenoxy) is 1. The topological polar surface area (TPSA) is 119 Å². The molecule has 1 amide bonds. The number of β-amino-alcohol motifs (C(OH)–C–C–N with tert-alkyl or cyclic N) is 1. The van der Waals surface area contributed by atoms with E-state index < -0.39 is 17.8 Å². The molecule has 1 aliphatic heterocycles. The number of pyridine rings is 1. The molecular formula is C27H34FN5O4. The molecule has 0 spiro atoms. The lowest BCUT2D eigenvalue weighted by molar-refractivity contribution is 0.0838. The molecule has 0 saturated heterocycles. The van der Waals surface area contributed by atoms with Crippen molar-refractivity contribution in [2.24, 2.45) is 4.99 Å². The van der Waals surface area contributed by atoms with Crippen molar-refractivity contribution in [2.45, 2.75) is 51.3 Å². The first kappa shape index (κ1) is 26.6. The van der Waals surface area contributed by atoms with Gasteiger partial charge in [0.15, 0.2) is 11.6 Å². The number of halogens is 1. The van der Waals surface area contributed by atoms with Crippen LogP contribution < -0.4 is 15.4 Å². The monoisotopic (exact) mass is 511 g/mol. The van der Waals surface area contributed by atoms with Crippen molar-refractivity contribution in [1.29, 1.82) is 0 Å². The predicted octanol–water partition coefficient (Wildman–Crippen LogP) is 3.20. The number of aliphatic hydroxyl groups is 2. The Morgan fingerprint density at radius 2 is 2.16 bits per heavy atom. The summed E-state index contributed by atoms with van der Waals surface area (Å²) >= 11 is 0. The molecule has 37 heavy (non-hydrogen) atoms. The quantitative estimate of drug-likeness (QED) is 0.270. The lowest BCUT2D eigenvalue weighted by Gasteiger charge is -2.30. The Morgan fingerprint density at radius 3 is 2.89 bits per heavy atom. The molecule has 2 aromatic rings. The number of carbonyl (C=O) groups excluding carboxylic acids is 1. The van der Waals surface area contributed by atoms with Crippen LogP contribution in [0.2, 0.25) is 0 Å². The highest BCUT2D eigenvalue weighted by atomic mass is 19.1. The minimum absolute atomic E-state index is 0.0120. The summed E-state index contributed by atoms with van der Waals surface area (Å²) in [6.07, 6.45) is 4.26. The summed E-state index contributed by atoms with van der Waals surface area (Å²) in [6.45, 7) is 6.85. The average Bonchev–Trinajstić information content (AvgIpc) is 2.88. The van der Waals surface area contributed by atoms with Crippen LogP contribution in [-0.4, -0.2) is 71.1 Å². The van der Waals surface area contributed by atoms with E-state index in [0.717, 1.165) is 49.6 Å². The summed E-state index contributed by atoms with van der Waals surface area (Å²) in [5.41, 5.74) is 2.62. The lowest BCUT2D eigenvalue weighted by Crippen LogP contribution is -2.42. The smallest absolute Gasteiger partial charge is 0.254 e. The van der Waals surface area contributed by atoms with Crippen molar-refractivity contribution >= 4 is 18.4 Å².